The Kier molecular flexibility index (Phi) is 10.5. The van der Waals surface area contributed by atoms with Gasteiger partial charge in [-0.05, 0) is 94.1 Å². The zero-order valence-corrected chi connectivity index (χ0v) is 30.0. The minimum atomic E-state index is -0.138. The van der Waals surface area contributed by atoms with E-state index in [9.17, 15) is 4.79 Å². The number of hydrogen-bond donors (Lipinski definition) is 0. The van der Waals surface area contributed by atoms with E-state index in [1.165, 1.54) is 22.2 Å². The van der Waals surface area contributed by atoms with E-state index in [-0.39, 0.29) is 11.3 Å². The topological polar surface area (TPSA) is 72.3 Å². The van der Waals surface area contributed by atoms with Gasteiger partial charge in [-0.1, -0.05) is 42.5 Å². The van der Waals surface area contributed by atoms with Gasteiger partial charge in [-0.2, -0.15) is 0 Å². The molecule has 3 aromatic carbocycles. The Morgan fingerprint density at radius 1 is 0.898 bits per heavy atom. The first-order chi connectivity index (χ1) is 23.8. The fourth-order valence-corrected chi connectivity index (χ4v) is 7.55. The number of fused-ring (bicyclic) bond motifs is 1. The van der Waals surface area contributed by atoms with Crippen LogP contribution in [-0.2, 0) is 12.0 Å². The molecule has 3 heterocycles. The number of likely N-dealkylation sites (tertiary alicyclic amines) is 1. The summed E-state index contributed by atoms with van der Waals surface area (Å²) in [5.74, 6) is 2.49. The molecule has 2 fully saturated rings. The number of aryl methyl sites for hydroxylation is 2. The molecule has 0 radical (unpaired) electrons. The van der Waals surface area contributed by atoms with Crippen LogP contribution in [-0.4, -0.2) is 92.4 Å². The molecular formula is C40H51N5O4. The number of imidazole rings is 1. The highest BCUT2D eigenvalue weighted by Gasteiger charge is 2.42. The van der Waals surface area contributed by atoms with Gasteiger partial charge >= 0.3 is 0 Å². The molecule has 4 aromatic rings. The molecule has 260 valence electrons. The SMILES string of the molecule is C/C=C/Cn1c(N2CCCN(CCC3(c4ccc(C)c(C)c4)CCN(C(=O)c4cc(OC)c(OC)c(OC)c4)C3)CC2)nc2ccccc21. The van der Waals surface area contributed by atoms with Crippen LogP contribution in [0, 0.1) is 13.8 Å². The number of benzene rings is 3. The third-order valence-corrected chi connectivity index (χ3v) is 10.6. The highest BCUT2D eigenvalue weighted by Crippen LogP contribution is 2.42. The standard InChI is InChI=1S/C40H51N5O4/c1-7-8-20-45-34-13-10-9-12-33(34)41-39(45)43-19-11-18-42(23-24-43)21-16-40(32-15-14-29(2)30(3)25-32)17-22-44(28-40)38(46)31-26-35(47-4)37(49-6)36(27-31)48-5/h7-10,12-15,25-27H,11,16-24,28H2,1-6H3/b8-7+. The van der Waals surface area contributed by atoms with Crippen molar-refractivity contribution in [2.45, 2.75) is 52.0 Å². The molecule has 6 rings (SSSR count). The number of anilines is 1. The van der Waals surface area contributed by atoms with Crippen molar-refractivity contribution in [2.24, 2.45) is 0 Å². The monoisotopic (exact) mass is 665 g/mol. The van der Waals surface area contributed by atoms with Gasteiger partial charge in [0.15, 0.2) is 11.5 Å². The van der Waals surface area contributed by atoms with E-state index >= 15 is 0 Å². The van der Waals surface area contributed by atoms with Crippen molar-refractivity contribution in [3.8, 4) is 17.2 Å². The predicted octanol–water partition coefficient (Wildman–Crippen LogP) is 6.64. The van der Waals surface area contributed by atoms with Gasteiger partial charge in [0.25, 0.3) is 5.91 Å². The molecule has 0 spiro atoms. The molecule has 2 aliphatic rings. The average Bonchev–Trinajstić information content (AvgIpc) is 3.64. The molecule has 2 aliphatic heterocycles. The van der Waals surface area contributed by atoms with Crippen LogP contribution < -0.4 is 19.1 Å². The first-order valence-corrected chi connectivity index (χ1v) is 17.5. The maximum atomic E-state index is 14.0. The van der Waals surface area contributed by atoms with Gasteiger partial charge in [0.1, 0.15) is 0 Å². The van der Waals surface area contributed by atoms with Gasteiger partial charge in [0.05, 0.1) is 32.4 Å². The zero-order chi connectivity index (χ0) is 34.5. The van der Waals surface area contributed by atoms with E-state index in [2.05, 4.69) is 89.8 Å². The van der Waals surface area contributed by atoms with E-state index in [0.29, 0.717) is 35.9 Å². The summed E-state index contributed by atoms with van der Waals surface area (Å²) in [5, 5.41) is 0. The molecule has 0 N–H and O–H groups in total. The fraction of sp³-hybridized carbons (Fsp3) is 0.450. The van der Waals surface area contributed by atoms with Crippen molar-refractivity contribution in [1.29, 1.82) is 0 Å². The molecule has 1 aromatic heterocycles. The van der Waals surface area contributed by atoms with Crippen LogP contribution in [0.5, 0.6) is 17.2 Å². The van der Waals surface area contributed by atoms with Crippen LogP contribution in [0.1, 0.15) is 53.2 Å². The van der Waals surface area contributed by atoms with Crippen LogP contribution in [0.25, 0.3) is 11.0 Å². The van der Waals surface area contributed by atoms with Crippen LogP contribution in [0.15, 0.2) is 66.7 Å². The van der Waals surface area contributed by atoms with E-state index in [0.717, 1.165) is 70.0 Å². The maximum Gasteiger partial charge on any atom is 0.254 e. The Morgan fingerprint density at radius 3 is 2.39 bits per heavy atom. The molecule has 0 bridgehead atoms. The summed E-state index contributed by atoms with van der Waals surface area (Å²) in [4.78, 5) is 26.2. The number of rotatable bonds is 11. The lowest BCUT2D eigenvalue weighted by Gasteiger charge is -2.33. The number of methoxy groups -OCH3 is 3. The highest BCUT2D eigenvalue weighted by atomic mass is 16.5. The zero-order valence-electron chi connectivity index (χ0n) is 30.0. The smallest absolute Gasteiger partial charge is 0.254 e. The van der Waals surface area contributed by atoms with Crippen molar-refractivity contribution in [3.63, 3.8) is 0 Å². The van der Waals surface area contributed by atoms with E-state index < -0.39 is 0 Å². The largest absolute Gasteiger partial charge is 0.493 e. The van der Waals surface area contributed by atoms with E-state index in [1.807, 2.05) is 4.90 Å². The Hall–Kier alpha value is -4.50. The third-order valence-electron chi connectivity index (χ3n) is 10.6. The quantitative estimate of drug-likeness (QED) is 0.166. The summed E-state index contributed by atoms with van der Waals surface area (Å²) in [6, 6.07) is 18.8. The lowest BCUT2D eigenvalue weighted by molar-refractivity contribution is 0.0780. The maximum absolute atomic E-state index is 14.0. The number of allylic oxidation sites excluding steroid dienone is 2. The van der Waals surface area contributed by atoms with Gasteiger partial charge in [-0.3, -0.25) is 4.79 Å². The Balaban J connectivity index is 1.20. The Morgan fingerprint density at radius 2 is 1.67 bits per heavy atom. The number of ether oxygens (including phenoxy) is 3. The molecule has 1 atom stereocenters. The van der Waals surface area contributed by atoms with Crippen LogP contribution >= 0.6 is 0 Å². The Labute approximate surface area is 291 Å². The van der Waals surface area contributed by atoms with Gasteiger partial charge < -0.3 is 33.5 Å². The summed E-state index contributed by atoms with van der Waals surface area (Å²) in [6.07, 6.45) is 7.28. The van der Waals surface area contributed by atoms with Crippen LogP contribution in [0.4, 0.5) is 5.95 Å². The molecule has 1 amide bonds. The number of nitrogens with zero attached hydrogens (tertiary/aromatic N) is 5. The molecule has 1 unspecified atom stereocenters. The van der Waals surface area contributed by atoms with Crippen molar-refractivity contribution in [3.05, 3.63) is 89.0 Å². The summed E-state index contributed by atoms with van der Waals surface area (Å²) >= 11 is 0. The second-order valence-electron chi connectivity index (χ2n) is 13.5. The van der Waals surface area contributed by atoms with Crippen LogP contribution in [0.3, 0.4) is 0 Å². The van der Waals surface area contributed by atoms with Gasteiger partial charge in [-0.15, -0.1) is 0 Å². The second-order valence-corrected chi connectivity index (χ2v) is 13.5. The average molecular weight is 666 g/mol. The minimum Gasteiger partial charge on any atom is -0.493 e. The van der Waals surface area contributed by atoms with Gasteiger partial charge in [0, 0.05) is 50.2 Å². The number of hydrogen-bond acceptors (Lipinski definition) is 7. The fourth-order valence-electron chi connectivity index (χ4n) is 7.55. The lowest BCUT2D eigenvalue weighted by Crippen LogP contribution is -2.39. The van der Waals surface area contributed by atoms with E-state index in [1.54, 1.807) is 33.5 Å². The van der Waals surface area contributed by atoms with Crippen LogP contribution in [0.2, 0.25) is 0 Å². The summed E-state index contributed by atoms with van der Waals surface area (Å²) in [6.45, 7) is 13.5. The molecule has 49 heavy (non-hydrogen) atoms. The van der Waals surface area contributed by atoms with Crippen molar-refractivity contribution >= 4 is 22.9 Å². The second kappa shape index (κ2) is 14.9. The lowest BCUT2D eigenvalue weighted by atomic mass is 9.76. The third kappa shape index (κ3) is 6.99. The first-order valence-electron chi connectivity index (χ1n) is 17.5. The first kappa shape index (κ1) is 34.4. The molecular weight excluding hydrogens is 614 g/mol. The number of aromatic nitrogens is 2. The summed E-state index contributed by atoms with van der Waals surface area (Å²) in [5.41, 5.74) is 6.53. The molecule has 9 nitrogen and oxygen atoms in total. The summed E-state index contributed by atoms with van der Waals surface area (Å²) < 4.78 is 19.0. The number of carbonyl (C=O) groups is 1. The van der Waals surface area contributed by atoms with Crippen molar-refractivity contribution in [2.75, 3.05) is 72.0 Å². The minimum absolute atomic E-state index is 0.0174. The molecule has 0 aliphatic carbocycles. The Bertz CT molecular complexity index is 1790. The number of amides is 1. The van der Waals surface area contributed by atoms with Gasteiger partial charge in [-0.25, -0.2) is 4.98 Å². The van der Waals surface area contributed by atoms with Crippen molar-refractivity contribution in [1.82, 2.24) is 19.4 Å². The normalized spacial score (nSPS) is 18.7. The summed E-state index contributed by atoms with van der Waals surface area (Å²) in [7, 11) is 4.73. The number of para-hydroxylation sites is 2. The number of carbonyl (C=O) groups excluding carboxylic acids is 1. The molecule has 9 heteroatoms. The highest BCUT2D eigenvalue weighted by molar-refractivity contribution is 5.96. The predicted molar refractivity (Wildman–Crippen MR) is 197 cm³/mol. The van der Waals surface area contributed by atoms with Crippen molar-refractivity contribution < 1.29 is 19.0 Å². The molecule has 2 saturated heterocycles. The van der Waals surface area contributed by atoms with Gasteiger partial charge in [0.2, 0.25) is 11.7 Å². The molecule has 0 saturated carbocycles. The van der Waals surface area contributed by atoms with E-state index in [4.69, 9.17) is 19.2 Å².